The highest BCUT2D eigenvalue weighted by molar-refractivity contribution is 6.01. The average molecular weight is 276 g/mol. The summed E-state index contributed by atoms with van der Waals surface area (Å²) in [4.78, 5) is 31.8. The molecule has 2 amide bonds. The fourth-order valence-electron chi connectivity index (χ4n) is 2.24. The molecule has 0 atom stereocenters. The van der Waals surface area contributed by atoms with Gasteiger partial charge in [0, 0.05) is 32.9 Å². The zero-order valence-electron chi connectivity index (χ0n) is 11.9. The molecule has 20 heavy (non-hydrogen) atoms. The maximum absolute atomic E-state index is 12.6. The summed E-state index contributed by atoms with van der Waals surface area (Å²) >= 11 is 0. The number of hydrogen-bond donors (Lipinski definition) is 1. The molecule has 0 radical (unpaired) electrons. The second-order valence-corrected chi connectivity index (χ2v) is 4.85. The Kier molecular flexibility index (Phi) is 4.55. The van der Waals surface area contributed by atoms with E-state index < -0.39 is 0 Å². The van der Waals surface area contributed by atoms with Gasteiger partial charge in [-0.15, -0.1) is 0 Å². The van der Waals surface area contributed by atoms with E-state index in [1.54, 1.807) is 35.3 Å². The molecule has 1 fully saturated rings. The second-order valence-electron chi connectivity index (χ2n) is 4.85. The molecule has 108 valence electrons. The third kappa shape index (κ3) is 3.07. The number of amides is 2. The smallest absolute Gasteiger partial charge is 0.256 e. The van der Waals surface area contributed by atoms with Crippen LogP contribution in [-0.4, -0.2) is 59.8 Å². The first-order valence-electron chi connectivity index (χ1n) is 6.84. The highest BCUT2D eigenvalue weighted by Gasteiger charge is 2.25. The lowest BCUT2D eigenvalue weighted by Crippen LogP contribution is -2.38. The number of nitrogens with zero attached hydrogens (tertiary/aromatic N) is 3. The SMILES string of the molecule is CCNc1cnccc1C(=O)N1CCCN(C)C(=O)C1. The molecule has 0 spiro atoms. The predicted molar refractivity (Wildman–Crippen MR) is 76.6 cm³/mol. The predicted octanol–water partition coefficient (Wildman–Crippen LogP) is 0.818. The molecule has 1 aromatic rings. The Morgan fingerprint density at radius 1 is 1.45 bits per heavy atom. The number of carbonyl (C=O) groups is 2. The van der Waals surface area contributed by atoms with Crippen LogP contribution in [0.1, 0.15) is 23.7 Å². The largest absolute Gasteiger partial charge is 0.383 e. The Bertz CT molecular complexity index is 504. The fourth-order valence-corrected chi connectivity index (χ4v) is 2.24. The minimum absolute atomic E-state index is 0.0186. The van der Waals surface area contributed by atoms with Crippen molar-refractivity contribution in [3.05, 3.63) is 24.0 Å². The maximum atomic E-state index is 12.6. The molecule has 1 aliphatic heterocycles. The van der Waals surface area contributed by atoms with Gasteiger partial charge in [0.25, 0.3) is 5.91 Å². The summed E-state index contributed by atoms with van der Waals surface area (Å²) in [6.45, 7) is 4.12. The van der Waals surface area contributed by atoms with Crippen LogP contribution in [0.15, 0.2) is 18.5 Å². The van der Waals surface area contributed by atoms with E-state index >= 15 is 0 Å². The Morgan fingerprint density at radius 3 is 3.00 bits per heavy atom. The molecule has 1 N–H and O–H groups in total. The minimum atomic E-state index is -0.119. The van der Waals surface area contributed by atoms with E-state index in [0.717, 1.165) is 6.42 Å². The van der Waals surface area contributed by atoms with E-state index in [9.17, 15) is 9.59 Å². The normalized spacial score (nSPS) is 16.0. The summed E-state index contributed by atoms with van der Waals surface area (Å²) in [7, 11) is 1.77. The minimum Gasteiger partial charge on any atom is -0.383 e. The maximum Gasteiger partial charge on any atom is 0.256 e. The van der Waals surface area contributed by atoms with Crippen LogP contribution in [0, 0.1) is 0 Å². The second kappa shape index (κ2) is 6.36. The van der Waals surface area contributed by atoms with Gasteiger partial charge in [0.05, 0.1) is 17.4 Å². The number of likely N-dealkylation sites (N-methyl/N-ethyl adjacent to an activating group) is 1. The first-order valence-corrected chi connectivity index (χ1v) is 6.84. The zero-order chi connectivity index (χ0) is 14.5. The van der Waals surface area contributed by atoms with Crippen molar-refractivity contribution in [2.75, 3.05) is 38.5 Å². The van der Waals surface area contributed by atoms with Crippen LogP contribution >= 0.6 is 0 Å². The van der Waals surface area contributed by atoms with Gasteiger partial charge in [-0.3, -0.25) is 14.6 Å². The summed E-state index contributed by atoms with van der Waals surface area (Å²) < 4.78 is 0. The Balaban J connectivity index is 2.20. The van der Waals surface area contributed by atoms with Gasteiger partial charge in [0.2, 0.25) is 5.91 Å². The molecule has 0 saturated carbocycles. The number of hydrogen-bond acceptors (Lipinski definition) is 4. The van der Waals surface area contributed by atoms with Crippen molar-refractivity contribution < 1.29 is 9.59 Å². The van der Waals surface area contributed by atoms with Crippen LogP contribution in [0.2, 0.25) is 0 Å². The zero-order valence-corrected chi connectivity index (χ0v) is 11.9. The average Bonchev–Trinajstić information content (AvgIpc) is 2.61. The molecular formula is C14H20N4O2. The summed E-state index contributed by atoms with van der Waals surface area (Å²) in [6.07, 6.45) is 4.04. The summed E-state index contributed by atoms with van der Waals surface area (Å²) in [5, 5.41) is 3.13. The van der Waals surface area contributed by atoms with Gasteiger partial charge < -0.3 is 15.1 Å². The lowest BCUT2D eigenvalue weighted by atomic mass is 10.2. The third-order valence-corrected chi connectivity index (χ3v) is 3.38. The summed E-state index contributed by atoms with van der Waals surface area (Å²) in [5.41, 5.74) is 1.28. The van der Waals surface area contributed by atoms with E-state index in [1.807, 2.05) is 6.92 Å². The molecule has 0 unspecified atom stereocenters. The summed E-state index contributed by atoms with van der Waals surface area (Å²) in [5.74, 6) is -0.137. The van der Waals surface area contributed by atoms with Gasteiger partial charge in [-0.25, -0.2) is 0 Å². The Labute approximate surface area is 118 Å². The first-order chi connectivity index (χ1) is 9.63. The van der Waals surface area contributed by atoms with Crippen molar-refractivity contribution in [1.29, 1.82) is 0 Å². The van der Waals surface area contributed by atoms with Gasteiger partial charge in [-0.2, -0.15) is 0 Å². The highest BCUT2D eigenvalue weighted by atomic mass is 16.2. The van der Waals surface area contributed by atoms with Crippen molar-refractivity contribution in [1.82, 2.24) is 14.8 Å². The number of pyridine rings is 1. The lowest BCUT2D eigenvalue weighted by Gasteiger charge is -2.21. The van der Waals surface area contributed by atoms with Gasteiger partial charge in [-0.05, 0) is 19.4 Å². The molecule has 0 aliphatic carbocycles. The molecule has 2 heterocycles. The van der Waals surface area contributed by atoms with E-state index in [0.29, 0.717) is 30.9 Å². The molecular weight excluding hydrogens is 256 g/mol. The molecule has 6 heteroatoms. The molecule has 0 bridgehead atoms. The first kappa shape index (κ1) is 14.3. The third-order valence-electron chi connectivity index (χ3n) is 3.38. The highest BCUT2D eigenvalue weighted by Crippen LogP contribution is 2.17. The van der Waals surface area contributed by atoms with Gasteiger partial charge >= 0.3 is 0 Å². The van der Waals surface area contributed by atoms with Crippen LogP contribution in [0.4, 0.5) is 5.69 Å². The monoisotopic (exact) mass is 276 g/mol. The van der Waals surface area contributed by atoms with Crippen LogP contribution in [0.3, 0.4) is 0 Å². The van der Waals surface area contributed by atoms with E-state index in [2.05, 4.69) is 10.3 Å². The Hall–Kier alpha value is -2.11. The molecule has 1 aromatic heterocycles. The van der Waals surface area contributed by atoms with Crippen molar-refractivity contribution in [2.45, 2.75) is 13.3 Å². The quantitative estimate of drug-likeness (QED) is 0.887. The van der Waals surface area contributed by atoms with E-state index in [-0.39, 0.29) is 18.4 Å². The Morgan fingerprint density at radius 2 is 2.25 bits per heavy atom. The van der Waals surface area contributed by atoms with Crippen LogP contribution in [-0.2, 0) is 4.79 Å². The standard InChI is InChI=1S/C14H20N4O2/c1-3-16-12-9-15-6-5-11(12)14(20)18-8-4-7-17(2)13(19)10-18/h5-6,9,16H,3-4,7-8,10H2,1-2H3. The lowest BCUT2D eigenvalue weighted by molar-refractivity contribution is -0.129. The number of anilines is 1. The van der Waals surface area contributed by atoms with E-state index in [4.69, 9.17) is 0 Å². The van der Waals surface area contributed by atoms with E-state index in [1.165, 1.54) is 0 Å². The fraction of sp³-hybridized carbons (Fsp3) is 0.500. The molecule has 1 aliphatic rings. The van der Waals surface area contributed by atoms with Crippen LogP contribution in [0.5, 0.6) is 0 Å². The van der Waals surface area contributed by atoms with Gasteiger partial charge in [-0.1, -0.05) is 0 Å². The summed E-state index contributed by atoms with van der Waals surface area (Å²) in [6, 6.07) is 1.69. The number of nitrogens with one attached hydrogen (secondary N) is 1. The van der Waals surface area contributed by atoms with Crippen molar-refractivity contribution in [3.63, 3.8) is 0 Å². The van der Waals surface area contributed by atoms with Gasteiger partial charge in [0.1, 0.15) is 6.54 Å². The molecule has 6 nitrogen and oxygen atoms in total. The number of aromatic nitrogens is 1. The topological polar surface area (TPSA) is 65.5 Å². The molecule has 2 rings (SSSR count). The number of rotatable bonds is 3. The molecule has 0 aromatic carbocycles. The van der Waals surface area contributed by atoms with Crippen LogP contribution in [0.25, 0.3) is 0 Å². The van der Waals surface area contributed by atoms with Crippen molar-refractivity contribution in [2.24, 2.45) is 0 Å². The van der Waals surface area contributed by atoms with Crippen molar-refractivity contribution in [3.8, 4) is 0 Å². The van der Waals surface area contributed by atoms with Crippen LogP contribution < -0.4 is 5.32 Å². The number of carbonyl (C=O) groups excluding carboxylic acids is 2. The molecule has 1 saturated heterocycles. The van der Waals surface area contributed by atoms with Gasteiger partial charge in [0.15, 0.2) is 0 Å². The van der Waals surface area contributed by atoms with Crippen molar-refractivity contribution >= 4 is 17.5 Å².